The van der Waals surface area contributed by atoms with Crippen LogP contribution in [0.5, 0.6) is 0 Å². The van der Waals surface area contributed by atoms with Gasteiger partial charge in [0, 0.05) is 6.54 Å². The van der Waals surface area contributed by atoms with Crippen molar-refractivity contribution >= 4 is 5.91 Å². The van der Waals surface area contributed by atoms with Crippen molar-refractivity contribution in [2.24, 2.45) is 5.92 Å². The minimum Gasteiger partial charge on any atom is -0.354 e. The number of hydrogen-bond donors (Lipinski definition) is 2. The predicted molar refractivity (Wildman–Crippen MR) is 69.8 cm³/mol. The molecular formula is C14H26N2O. The summed E-state index contributed by atoms with van der Waals surface area (Å²) in [5.74, 6) is 1.13. The fourth-order valence-corrected chi connectivity index (χ4v) is 3.09. The molecule has 1 heterocycles. The van der Waals surface area contributed by atoms with Crippen LogP contribution in [0.4, 0.5) is 0 Å². The molecule has 0 spiro atoms. The van der Waals surface area contributed by atoms with Crippen molar-refractivity contribution in [3.8, 4) is 0 Å². The van der Waals surface area contributed by atoms with Gasteiger partial charge >= 0.3 is 0 Å². The average molecular weight is 238 g/mol. The van der Waals surface area contributed by atoms with E-state index in [-0.39, 0.29) is 11.4 Å². The SMILES string of the molecule is CCCC1(C(=O)NCCC2CCC2)CCCN1. The van der Waals surface area contributed by atoms with Gasteiger partial charge in [-0.05, 0) is 38.1 Å². The molecule has 0 radical (unpaired) electrons. The molecule has 2 fully saturated rings. The Morgan fingerprint density at radius 2 is 2.24 bits per heavy atom. The molecule has 1 aliphatic carbocycles. The fraction of sp³-hybridized carbons (Fsp3) is 0.929. The van der Waals surface area contributed by atoms with E-state index < -0.39 is 0 Å². The molecule has 17 heavy (non-hydrogen) atoms. The van der Waals surface area contributed by atoms with Crippen LogP contribution in [0.3, 0.4) is 0 Å². The van der Waals surface area contributed by atoms with Gasteiger partial charge in [0.2, 0.25) is 5.91 Å². The zero-order valence-corrected chi connectivity index (χ0v) is 11.1. The zero-order chi connectivity index (χ0) is 12.1. The summed E-state index contributed by atoms with van der Waals surface area (Å²) in [7, 11) is 0. The van der Waals surface area contributed by atoms with E-state index in [9.17, 15) is 4.79 Å². The van der Waals surface area contributed by atoms with Crippen LogP contribution >= 0.6 is 0 Å². The summed E-state index contributed by atoms with van der Waals surface area (Å²) in [4.78, 5) is 12.3. The van der Waals surface area contributed by atoms with Crippen LogP contribution < -0.4 is 10.6 Å². The van der Waals surface area contributed by atoms with Gasteiger partial charge < -0.3 is 10.6 Å². The second kappa shape index (κ2) is 5.85. The first-order valence-corrected chi connectivity index (χ1v) is 7.30. The van der Waals surface area contributed by atoms with Crippen molar-refractivity contribution < 1.29 is 4.79 Å². The van der Waals surface area contributed by atoms with E-state index in [1.165, 1.54) is 25.7 Å². The second-order valence-corrected chi connectivity index (χ2v) is 5.70. The van der Waals surface area contributed by atoms with Crippen molar-refractivity contribution in [3.63, 3.8) is 0 Å². The maximum Gasteiger partial charge on any atom is 0.240 e. The molecule has 0 aromatic heterocycles. The molecule has 1 amide bonds. The molecule has 1 atom stereocenters. The van der Waals surface area contributed by atoms with Crippen molar-refractivity contribution in [3.05, 3.63) is 0 Å². The quantitative estimate of drug-likeness (QED) is 0.745. The van der Waals surface area contributed by atoms with Crippen LogP contribution in [-0.4, -0.2) is 24.5 Å². The van der Waals surface area contributed by atoms with Crippen molar-refractivity contribution in [2.75, 3.05) is 13.1 Å². The molecular weight excluding hydrogens is 212 g/mol. The maximum atomic E-state index is 12.3. The summed E-state index contributed by atoms with van der Waals surface area (Å²) >= 11 is 0. The van der Waals surface area contributed by atoms with Gasteiger partial charge in [0.15, 0.2) is 0 Å². The number of carbonyl (C=O) groups is 1. The summed E-state index contributed by atoms with van der Waals surface area (Å²) in [6, 6.07) is 0. The molecule has 1 saturated carbocycles. The van der Waals surface area contributed by atoms with Crippen molar-refractivity contribution in [1.29, 1.82) is 0 Å². The number of carbonyl (C=O) groups excluding carboxylic acids is 1. The van der Waals surface area contributed by atoms with Gasteiger partial charge in [-0.2, -0.15) is 0 Å². The fourth-order valence-electron chi connectivity index (χ4n) is 3.09. The van der Waals surface area contributed by atoms with E-state index in [1.807, 2.05) is 0 Å². The lowest BCUT2D eigenvalue weighted by atomic mass is 9.83. The third kappa shape index (κ3) is 3.01. The summed E-state index contributed by atoms with van der Waals surface area (Å²) in [6.45, 7) is 4.02. The van der Waals surface area contributed by atoms with E-state index in [0.717, 1.165) is 44.7 Å². The van der Waals surface area contributed by atoms with E-state index >= 15 is 0 Å². The molecule has 0 bridgehead atoms. The van der Waals surface area contributed by atoms with Gasteiger partial charge in [0.25, 0.3) is 0 Å². The summed E-state index contributed by atoms with van der Waals surface area (Å²) < 4.78 is 0. The third-order valence-electron chi connectivity index (χ3n) is 4.42. The molecule has 0 aromatic carbocycles. The topological polar surface area (TPSA) is 41.1 Å². The van der Waals surface area contributed by atoms with Gasteiger partial charge in [-0.3, -0.25) is 4.79 Å². The second-order valence-electron chi connectivity index (χ2n) is 5.70. The average Bonchev–Trinajstić information content (AvgIpc) is 2.72. The number of hydrogen-bond acceptors (Lipinski definition) is 2. The molecule has 2 rings (SSSR count). The Balaban J connectivity index is 1.75. The summed E-state index contributed by atoms with van der Waals surface area (Å²) in [5.41, 5.74) is -0.242. The zero-order valence-electron chi connectivity index (χ0n) is 11.1. The predicted octanol–water partition coefficient (Wildman–Crippen LogP) is 2.22. The lowest BCUT2D eigenvalue weighted by Gasteiger charge is -2.29. The molecule has 98 valence electrons. The molecule has 3 heteroatoms. The highest BCUT2D eigenvalue weighted by Crippen LogP contribution is 2.29. The van der Waals surface area contributed by atoms with Crippen molar-refractivity contribution in [2.45, 2.75) is 63.8 Å². The third-order valence-corrected chi connectivity index (χ3v) is 4.42. The minimum atomic E-state index is -0.242. The van der Waals surface area contributed by atoms with Gasteiger partial charge in [-0.15, -0.1) is 0 Å². The van der Waals surface area contributed by atoms with Crippen LogP contribution in [0.15, 0.2) is 0 Å². The van der Waals surface area contributed by atoms with Crippen molar-refractivity contribution in [1.82, 2.24) is 10.6 Å². The van der Waals surface area contributed by atoms with Crippen LogP contribution in [-0.2, 0) is 4.79 Å². The Hall–Kier alpha value is -0.570. The van der Waals surface area contributed by atoms with Gasteiger partial charge in [-0.25, -0.2) is 0 Å². The van der Waals surface area contributed by atoms with Crippen LogP contribution in [0.25, 0.3) is 0 Å². The molecule has 1 unspecified atom stereocenters. The van der Waals surface area contributed by atoms with Gasteiger partial charge in [-0.1, -0.05) is 32.6 Å². The standard InChI is InChI=1S/C14H26N2O/c1-2-8-14(9-4-10-16-14)13(17)15-11-7-12-5-3-6-12/h12,16H,2-11H2,1H3,(H,15,17). The smallest absolute Gasteiger partial charge is 0.240 e. The largest absolute Gasteiger partial charge is 0.354 e. The maximum absolute atomic E-state index is 12.3. The normalized spacial score (nSPS) is 29.0. The highest BCUT2D eigenvalue weighted by atomic mass is 16.2. The summed E-state index contributed by atoms with van der Waals surface area (Å²) in [6.07, 6.45) is 9.49. The van der Waals surface area contributed by atoms with E-state index in [4.69, 9.17) is 0 Å². The Bertz CT molecular complexity index is 255. The Labute approximate surface area is 105 Å². The highest BCUT2D eigenvalue weighted by molar-refractivity contribution is 5.86. The van der Waals surface area contributed by atoms with E-state index in [1.54, 1.807) is 0 Å². The number of rotatable bonds is 6. The Morgan fingerprint density at radius 1 is 1.41 bits per heavy atom. The van der Waals surface area contributed by atoms with E-state index in [0.29, 0.717) is 0 Å². The number of nitrogens with one attached hydrogen (secondary N) is 2. The van der Waals surface area contributed by atoms with Gasteiger partial charge in [0.05, 0.1) is 5.54 Å². The molecule has 2 N–H and O–H groups in total. The highest BCUT2D eigenvalue weighted by Gasteiger charge is 2.39. The van der Waals surface area contributed by atoms with Gasteiger partial charge in [0.1, 0.15) is 0 Å². The first kappa shape index (κ1) is 12.9. The Kier molecular flexibility index (Phi) is 4.43. The Morgan fingerprint density at radius 3 is 2.76 bits per heavy atom. The van der Waals surface area contributed by atoms with Crippen LogP contribution in [0.1, 0.15) is 58.3 Å². The molecule has 1 saturated heterocycles. The lowest BCUT2D eigenvalue weighted by molar-refractivity contribution is -0.127. The minimum absolute atomic E-state index is 0.242. The first-order chi connectivity index (χ1) is 8.27. The van der Waals surface area contributed by atoms with Crippen LogP contribution in [0.2, 0.25) is 0 Å². The van der Waals surface area contributed by atoms with Crippen LogP contribution in [0, 0.1) is 5.92 Å². The molecule has 2 aliphatic rings. The summed E-state index contributed by atoms with van der Waals surface area (Å²) in [5, 5.41) is 6.57. The lowest BCUT2D eigenvalue weighted by Crippen LogP contribution is -2.53. The number of amides is 1. The first-order valence-electron chi connectivity index (χ1n) is 7.30. The molecule has 0 aromatic rings. The molecule has 3 nitrogen and oxygen atoms in total. The molecule has 1 aliphatic heterocycles. The monoisotopic (exact) mass is 238 g/mol. The van der Waals surface area contributed by atoms with E-state index in [2.05, 4.69) is 17.6 Å².